The topological polar surface area (TPSA) is 92.5 Å². The minimum absolute atomic E-state index is 0.264. The van der Waals surface area contributed by atoms with Gasteiger partial charge >= 0.3 is 6.03 Å². The molecule has 1 fully saturated rings. The number of carbonyl (C=O) groups is 3. The summed E-state index contributed by atoms with van der Waals surface area (Å²) in [5, 5.41) is 2.68. The van der Waals surface area contributed by atoms with Crippen LogP contribution in [0.25, 0.3) is 0 Å². The third-order valence-electron chi connectivity index (χ3n) is 4.04. The highest BCUT2D eigenvalue weighted by atomic mass is 19.1. The second-order valence-corrected chi connectivity index (χ2v) is 5.70. The molecule has 4 amide bonds. The number of hydrogen-bond donors (Lipinski definition) is 2. The highest BCUT2D eigenvalue weighted by Gasteiger charge is 2.48. The second kappa shape index (κ2) is 6.76. The quantitative estimate of drug-likeness (QED) is 0.591. The average molecular weight is 321 g/mol. The van der Waals surface area contributed by atoms with Gasteiger partial charge in [0.15, 0.2) is 0 Å². The fraction of sp³-hybridized carbons (Fsp3) is 0.438. The van der Waals surface area contributed by atoms with Crippen LogP contribution in [0.15, 0.2) is 24.3 Å². The van der Waals surface area contributed by atoms with Gasteiger partial charge in [-0.3, -0.25) is 18.9 Å². The molecule has 1 heterocycles. The summed E-state index contributed by atoms with van der Waals surface area (Å²) < 4.78 is 12.1. The molecule has 0 saturated carbocycles. The number of nitrogens with two attached hydrogens (primary N) is 1. The van der Waals surface area contributed by atoms with Crippen molar-refractivity contribution in [2.24, 2.45) is 5.73 Å². The maximum atomic E-state index is 12.6. The SMILES string of the molecule is CC1(c2ccc(C(N)=O)cc2)NC(=O)N(CCCCCF)C1=O. The van der Waals surface area contributed by atoms with Crippen LogP contribution in [-0.2, 0) is 10.3 Å². The van der Waals surface area contributed by atoms with Crippen molar-refractivity contribution in [1.29, 1.82) is 0 Å². The molecule has 1 aromatic rings. The van der Waals surface area contributed by atoms with E-state index in [4.69, 9.17) is 5.73 Å². The highest BCUT2D eigenvalue weighted by molar-refractivity contribution is 6.07. The number of urea groups is 1. The third-order valence-corrected chi connectivity index (χ3v) is 4.04. The lowest BCUT2D eigenvalue weighted by Crippen LogP contribution is -2.41. The molecule has 1 aromatic carbocycles. The predicted molar refractivity (Wildman–Crippen MR) is 82.4 cm³/mol. The van der Waals surface area contributed by atoms with E-state index in [9.17, 15) is 18.8 Å². The van der Waals surface area contributed by atoms with Crippen LogP contribution in [0, 0.1) is 0 Å². The molecule has 0 bridgehead atoms. The number of benzene rings is 1. The molecule has 1 aliphatic heterocycles. The number of amides is 4. The summed E-state index contributed by atoms with van der Waals surface area (Å²) >= 11 is 0. The monoisotopic (exact) mass is 321 g/mol. The molecule has 2 rings (SSSR count). The van der Waals surface area contributed by atoms with E-state index in [1.807, 2.05) is 0 Å². The van der Waals surface area contributed by atoms with Crippen LogP contribution in [0.1, 0.15) is 42.1 Å². The number of hydrogen-bond acceptors (Lipinski definition) is 3. The molecule has 1 atom stereocenters. The molecule has 3 N–H and O–H groups in total. The first-order valence-corrected chi connectivity index (χ1v) is 7.50. The molecule has 1 saturated heterocycles. The molecular weight excluding hydrogens is 301 g/mol. The number of unbranched alkanes of at least 4 members (excludes halogenated alkanes) is 2. The second-order valence-electron chi connectivity index (χ2n) is 5.70. The molecular formula is C16H20FN3O3. The largest absolute Gasteiger partial charge is 0.366 e. The van der Waals surface area contributed by atoms with Crippen molar-refractivity contribution in [1.82, 2.24) is 10.2 Å². The maximum Gasteiger partial charge on any atom is 0.325 e. The van der Waals surface area contributed by atoms with Gasteiger partial charge in [-0.2, -0.15) is 0 Å². The molecule has 6 nitrogen and oxygen atoms in total. The lowest BCUT2D eigenvalue weighted by Gasteiger charge is -2.22. The molecule has 23 heavy (non-hydrogen) atoms. The summed E-state index contributed by atoms with van der Waals surface area (Å²) in [6.07, 6.45) is 1.62. The molecule has 1 aliphatic rings. The van der Waals surface area contributed by atoms with E-state index in [-0.39, 0.29) is 12.5 Å². The van der Waals surface area contributed by atoms with Crippen LogP contribution in [0.5, 0.6) is 0 Å². The molecule has 0 aromatic heterocycles. The van der Waals surface area contributed by atoms with Crippen LogP contribution in [-0.4, -0.2) is 36.0 Å². The van der Waals surface area contributed by atoms with Gasteiger partial charge in [0.05, 0.1) is 6.67 Å². The normalized spacial score (nSPS) is 20.7. The van der Waals surface area contributed by atoms with Crippen molar-refractivity contribution < 1.29 is 18.8 Å². The van der Waals surface area contributed by atoms with E-state index in [2.05, 4.69) is 5.32 Å². The van der Waals surface area contributed by atoms with Crippen molar-refractivity contribution in [2.75, 3.05) is 13.2 Å². The highest BCUT2D eigenvalue weighted by Crippen LogP contribution is 2.29. The summed E-state index contributed by atoms with van der Waals surface area (Å²) in [5.74, 6) is -0.910. The first kappa shape index (κ1) is 16.9. The summed E-state index contributed by atoms with van der Waals surface area (Å²) in [4.78, 5) is 36.9. The molecule has 1 unspecified atom stereocenters. The number of alkyl halides is 1. The van der Waals surface area contributed by atoms with Gasteiger partial charge in [-0.25, -0.2) is 4.79 Å². The number of halogens is 1. The van der Waals surface area contributed by atoms with Crippen LogP contribution in [0.2, 0.25) is 0 Å². The lowest BCUT2D eigenvalue weighted by atomic mass is 9.91. The van der Waals surface area contributed by atoms with E-state index in [1.54, 1.807) is 19.1 Å². The van der Waals surface area contributed by atoms with Crippen molar-refractivity contribution >= 4 is 17.8 Å². The molecule has 0 spiro atoms. The first-order chi connectivity index (χ1) is 10.9. The zero-order chi connectivity index (χ0) is 17.0. The Balaban J connectivity index is 2.14. The number of rotatable bonds is 7. The number of nitrogens with zero attached hydrogens (tertiary/aromatic N) is 1. The Hall–Kier alpha value is -2.44. The Morgan fingerprint density at radius 3 is 2.43 bits per heavy atom. The fourth-order valence-electron chi connectivity index (χ4n) is 2.60. The fourth-order valence-corrected chi connectivity index (χ4v) is 2.60. The first-order valence-electron chi connectivity index (χ1n) is 7.50. The zero-order valence-corrected chi connectivity index (χ0v) is 13.0. The van der Waals surface area contributed by atoms with Gasteiger partial charge < -0.3 is 11.1 Å². The number of carbonyl (C=O) groups excluding carboxylic acids is 3. The van der Waals surface area contributed by atoms with Gasteiger partial charge in [-0.15, -0.1) is 0 Å². The Labute approximate surface area is 133 Å². The van der Waals surface area contributed by atoms with E-state index in [1.165, 1.54) is 12.1 Å². The number of primary amides is 1. The summed E-state index contributed by atoms with van der Waals surface area (Å²) in [6.45, 7) is 1.48. The van der Waals surface area contributed by atoms with E-state index < -0.39 is 24.2 Å². The third kappa shape index (κ3) is 3.33. The number of nitrogens with one attached hydrogen (secondary N) is 1. The summed E-state index contributed by atoms with van der Waals surface area (Å²) in [6, 6.07) is 5.78. The molecule has 7 heteroatoms. The van der Waals surface area contributed by atoms with E-state index in [0.29, 0.717) is 30.4 Å². The minimum atomic E-state index is -1.17. The summed E-state index contributed by atoms with van der Waals surface area (Å²) in [5.41, 5.74) is 4.92. The lowest BCUT2D eigenvalue weighted by molar-refractivity contribution is -0.131. The standard InChI is InChI=1S/C16H20FN3O3/c1-16(12-7-5-11(6-8-12)13(18)21)14(22)20(15(23)19-16)10-4-2-3-9-17/h5-8H,2-4,9-10H2,1H3,(H2,18,21)(H,19,23). The molecule has 124 valence electrons. The number of imide groups is 1. The van der Waals surface area contributed by atoms with Gasteiger partial charge in [-0.1, -0.05) is 12.1 Å². The maximum absolute atomic E-state index is 12.6. The van der Waals surface area contributed by atoms with Gasteiger partial charge in [0.2, 0.25) is 5.91 Å². The smallest absolute Gasteiger partial charge is 0.325 e. The van der Waals surface area contributed by atoms with Crippen molar-refractivity contribution in [2.45, 2.75) is 31.7 Å². The van der Waals surface area contributed by atoms with Crippen LogP contribution in [0.4, 0.5) is 9.18 Å². The van der Waals surface area contributed by atoms with Gasteiger partial charge in [-0.05, 0) is 43.9 Å². The van der Waals surface area contributed by atoms with Crippen LogP contribution in [0.3, 0.4) is 0 Å². The Morgan fingerprint density at radius 1 is 1.22 bits per heavy atom. The Kier molecular flexibility index (Phi) is 4.98. The van der Waals surface area contributed by atoms with Gasteiger partial charge in [0.25, 0.3) is 5.91 Å². The van der Waals surface area contributed by atoms with Gasteiger partial charge in [0, 0.05) is 12.1 Å². The van der Waals surface area contributed by atoms with Crippen molar-refractivity contribution in [3.8, 4) is 0 Å². The zero-order valence-electron chi connectivity index (χ0n) is 13.0. The van der Waals surface area contributed by atoms with E-state index in [0.717, 1.165) is 4.90 Å². The summed E-state index contributed by atoms with van der Waals surface area (Å²) in [7, 11) is 0. The van der Waals surface area contributed by atoms with Crippen LogP contribution >= 0.6 is 0 Å². The van der Waals surface area contributed by atoms with Crippen LogP contribution < -0.4 is 11.1 Å². The Morgan fingerprint density at radius 2 is 1.87 bits per heavy atom. The van der Waals surface area contributed by atoms with E-state index >= 15 is 0 Å². The molecule has 0 radical (unpaired) electrons. The van der Waals surface area contributed by atoms with Gasteiger partial charge in [0.1, 0.15) is 5.54 Å². The van der Waals surface area contributed by atoms with Crippen molar-refractivity contribution in [3.05, 3.63) is 35.4 Å². The average Bonchev–Trinajstić information content (AvgIpc) is 2.75. The Bertz CT molecular complexity index is 618. The minimum Gasteiger partial charge on any atom is -0.366 e. The molecule has 0 aliphatic carbocycles. The predicted octanol–water partition coefficient (Wildman–Crippen LogP) is 1.69. The van der Waals surface area contributed by atoms with Crippen molar-refractivity contribution in [3.63, 3.8) is 0 Å².